The second-order valence-electron chi connectivity index (χ2n) is 7.63. The summed E-state index contributed by atoms with van der Waals surface area (Å²) in [5.41, 5.74) is 3.75. The van der Waals surface area contributed by atoms with Gasteiger partial charge in [-0.15, -0.1) is 0 Å². The van der Waals surface area contributed by atoms with Crippen LogP contribution in [-0.4, -0.2) is 10.7 Å². The molecule has 0 aromatic rings. The molecule has 0 bridgehead atoms. The second-order valence-corrected chi connectivity index (χ2v) is 7.63. The average molecular weight is 278 g/mol. The van der Waals surface area contributed by atoms with E-state index in [1.165, 1.54) is 36.0 Å². The van der Waals surface area contributed by atoms with Crippen LogP contribution in [0.2, 0.25) is 0 Å². The van der Waals surface area contributed by atoms with Crippen molar-refractivity contribution in [1.82, 2.24) is 0 Å². The maximum atomic E-state index is 10.7. The van der Waals surface area contributed by atoms with Crippen LogP contribution >= 0.6 is 0 Å². The van der Waals surface area contributed by atoms with E-state index < -0.39 is 5.60 Å². The first-order chi connectivity index (χ1) is 9.21. The van der Waals surface area contributed by atoms with E-state index in [1.54, 1.807) is 0 Å². The van der Waals surface area contributed by atoms with E-state index in [1.807, 2.05) is 6.92 Å². The Morgan fingerprint density at radius 1 is 1.45 bits per heavy atom. The minimum Gasteiger partial charge on any atom is -0.390 e. The van der Waals surface area contributed by atoms with E-state index >= 15 is 0 Å². The number of hydrogen-bond donors (Lipinski definition) is 1. The van der Waals surface area contributed by atoms with Crippen molar-refractivity contribution in [2.45, 2.75) is 85.2 Å². The third kappa shape index (κ3) is 5.83. The van der Waals surface area contributed by atoms with Crippen molar-refractivity contribution in [2.75, 3.05) is 0 Å². The normalized spacial score (nSPS) is 23.1. The summed E-state index contributed by atoms with van der Waals surface area (Å²) in [6.07, 6.45) is 7.63. The van der Waals surface area contributed by atoms with Crippen LogP contribution in [0.5, 0.6) is 0 Å². The summed E-state index contributed by atoms with van der Waals surface area (Å²) in [6.45, 7) is 15.0. The highest BCUT2D eigenvalue weighted by Crippen LogP contribution is 2.37. The monoisotopic (exact) mass is 278 g/mol. The molecule has 0 aromatic carbocycles. The lowest BCUT2D eigenvalue weighted by atomic mass is 9.77. The molecule has 1 nitrogen and oxygen atoms in total. The van der Waals surface area contributed by atoms with E-state index in [9.17, 15) is 5.11 Å². The fourth-order valence-corrected chi connectivity index (χ4v) is 3.22. The van der Waals surface area contributed by atoms with Gasteiger partial charge in [0.1, 0.15) is 0 Å². The number of allylic oxidation sites excluding steroid dienone is 2. The smallest absolute Gasteiger partial charge is 0.0656 e. The molecule has 0 aromatic heterocycles. The first kappa shape index (κ1) is 17.5. The zero-order chi connectivity index (χ0) is 15.3. The largest absolute Gasteiger partial charge is 0.390 e. The summed E-state index contributed by atoms with van der Waals surface area (Å²) >= 11 is 0. The molecule has 0 saturated heterocycles. The maximum absolute atomic E-state index is 10.7. The third-order valence-electron chi connectivity index (χ3n) is 4.75. The van der Waals surface area contributed by atoms with Crippen LogP contribution in [0.1, 0.15) is 79.6 Å². The molecule has 2 unspecified atom stereocenters. The Morgan fingerprint density at radius 3 is 2.65 bits per heavy atom. The van der Waals surface area contributed by atoms with Crippen LogP contribution in [0.3, 0.4) is 0 Å². The Morgan fingerprint density at radius 2 is 2.10 bits per heavy atom. The fraction of sp³-hybridized carbons (Fsp3) is 0.789. The zero-order valence-corrected chi connectivity index (χ0v) is 14.3. The molecule has 0 radical (unpaired) electrons. The van der Waals surface area contributed by atoms with Crippen molar-refractivity contribution in [2.24, 2.45) is 11.8 Å². The first-order valence-corrected chi connectivity index (χ1v) is 8.26. The van der Waals surface area contributed by atoms with Gasteiger partial charge < -0.3 is 5.11 Å². The molecule has 1 N–H and O–H groups in total. The van der Waals surface area contributed by atoms with Gasteiger partial charge in [-0.2, -0.15) is 0 Å². The van der Waals surface area contributed by atoms with E-state index in [-0.39, 0.29) is 0 Å². The SMILES string of the molecule is C=C(C)C1CCC(C)=C(CC(C)(O)CCCC(C)C)C1. The van der Waals surface area contributed by atoms with Crippen molar-refractivity contribution >= 4 is 0 Å². The second kappa shape index (κ2) is 7.45. The fourth-order valence-electron chi connectivity index (χ4n) is 3.22. The number of hydrogen-bond acceptors (Lipinski definition) is 1. The molecule has 0 heterocycles. The Kier molecular flexibility index (Phi) is 6.51. The highest BCUT2D eigenvalue weighted by atomic mass is 16.3. The van der Waals surface area contributed by atoms with Crippen LogP contribution < -0.4 is 0 Å². The number of aliphatic hydroxyl groups is 1. The molecule has 0 fully saturated rings. The first-order valence-electron chi connectivity index (χ1n) is 8.26. The Hall–Kier alpha value is -0.560. The molecule has 20 heavy (non-hydrogen) atoms. The van der Waals surface area contributed by atoms with Crippen LogP contribution in [-0.2, 0) is 0 Å². The van der Waals surface area contributed by atoms with Gasteiger partial charge in [-0.25, -0.2) is 0 Å². The molecular weight excluding hydrogens is 244 g/mol. The molecular formula is C19H34O. The predicted molar refractivity (Wildman–Crippen MR) is 88.8 cm³/mol. The minimum atomic E-state index is -0.539. The highest BCUT2D eigenvalue weighted by molar-refractivity contribution is 5.21. The molecule has 1 rings (SSSR count). The lowest BCUT2D eigenvalue weighted by Gasteiger charge is -2.31. The summed E-state index contributed by atoms with van der Waals surface area (Å²) in [5.74, 6) is 1.36. The zero-order valence-electron chi connectivity index (χ0n) is 14.3. The Labute approximate surface area is 126 Å². The van der Waals surface area contributed by atoms with Crippen molar-refractivity contribution in [3.05, 3.63) is 23.3 Å². The highest BCUT2D eigenvalue weighted by Gasteiger charge is 2.26. The molecule has 0 saturated carbocycles. The molecule has 116 valence electrons. The predicted octanol–water partition coefficient (Wildman–Crippen LogP) is 5.65. The van der Waals surface area contributed by atoms with Crippen LogP contribution in [0, 0.1) is 11.8 Å². The van der Waals surface area contributed by atoms with Crippen LogP contribution in [0.4, 0.5) is 0 Å². The summed E-state index contributed by atoms with van der Waals surface area (Å²) in [4.78, 5) is 0. The van der Waals surface area contributed by atoms with Gasteiger partial charge in [0.05, 0.1) is 5.60 Å². The third-order valence-corrected chi connectivity index (χ3v) is 4.75. The minimum absolute atomic E-state index is 0.539. The van der Waals surface area contributed by atoms with E-state index in [4.69, 9.17) is 0 Å². The summed E-state index contributed by atoms with van der Waals surface area (Å²) < 4.78 is 0. The van der Waals surface area contributed by atoms with Gasteiger partial charge in [0.15, 0.2) is 0 Å². The summed E-state index contributed by atoms with van der Waals surface area (Å²) in [7, 11) is 0. The van der Waals surface area contributed by atoms with Gasteiger partial charge in [-0.05, 0) is 64.7 Å². The van der Waals surface area contributed by atoms with E-state index in [0.717, 1.165) is 31.6 Å². The molecule has 1 aliphatic rings. The van der Waals surface area contributed by atoms with Gasteiger partial charge in [-0.1, -0.05) is 50.0 Å². The quantitative estimate of drug-likeness (QED) is 0.597. The molecule has 0 aliphatic heterocycles. The van der Waals surface area contributed by atoms with E-state index in [0.29, 0.717) is 5.92 Å². The van der Waals surface area contributed by atoms with Gasteiger partial charge >= 0.3 is 0 Å². The van der Waals surface area contributed by atoms with E-state index in [2.05, 4.69) is 34.3 Å². The van der Waals surface area contributed by atoms with Crippen LogP contribution in [0.25, 0.3) is 0 Å². The topological polar surface area (TPSA) is 20.2 Å². The summed E-state index contributed by atoms with van der Waals surface area (Å²) in [5, 5.41) is 10.7. The standard InChI is InChI=1S/C19H34O/c1-14(2)8-7-11-19(6,20)13-18-12-17(15(3)4)10-9-16(18)5/h14,17,20H,3,7-13H2,1-2,4-6H3. The van der Waals surface area contributed by atoms with Crippen molar-refractivity contribution in [3.63, 3.8) is 0 Å². The van der Waals surface area contributed by atoms with Crippen molar-refractivity contribution in [1.29, 1.82) is 0 Å². The van der Waals surface area contributed by atoms with Gasteiger partial charge in [0.25, 0.3) is 0 Å². The van der Waals surface area contributed by atoms with Crippen molar-refractivity contribution in [3.8, 4) is 0 Å². The summed E-state index contributed by atoms with van der Waals surface area (Å²) in [6, 6.07) is 0. The Bertz CT molecular complexity index is 360. The lowest BCUT2D eigenvalue weighted by Crippen LogP contribution is -2.26. The van der Waals surface area contributed by atoms with Crippen LogP contribution in [0.15, 0.2) is 23.3 Å². The molecule has 0 spiro atoms. The molecule has 2 atom stereocenters. The van der Waals surface area contributed by atoms with Gasteiger partial charge in [0, 0.05) is 0 Å². The molecule has 1 heteroatoms. The maximum Gasteiger partial charge on any atom is 0.0656 e. The Balaban J connectivity index is 2.58. The molecule has 1 aliphatic carbocycles. The number of rotatable bonds is 7. The molecule has 0 amide bonds. The lowest BCUT2D eigenvalue weighted by molar-refractivity contribution is 0.0459. The average Bonchev–Trinajstić information content (AvgIpc) is 2.30. The van der Waals surface area contributed by atoms with Gasteiger partial charge in [-0.3, -0.25) is 0 Å². The van der Waals surface area contributed by atoms with Gasteiger partial charge in [0.2, 0.25) is 0 Å². The van der Waals surface area contributed by atoms with Crippen molar-refractivity contribution < 1.29 is 5.11 Å².